The highest BCUT2D eigenvalue weighted by atomic mass is 16.5. The zero-order chi connectivity index (χ0) is 12.3. The molecule has 0 radical (unpaired) electrons. The van der Waals surface area contributed by atoms with Gasteiger partial charge >= 0.3 is 0 Å². The Hall–Kier alpha value is -1.41. The summed E-state index contributed by atoms with van der Waals surface area (Å²) in [5.74, 6) is 0.865. The second-order valence-corrected chi connectivity index (χ2v) is 4.59. The Balaban J connectivity index is 2.14. The molecule has 1 aromatic rings. The fourth-order valence-electron chi connectivity index (χ4n) is 1.99. The Morgan fingerprint density at radius 2 is 2.35 bits per heavy atom. The van der Waals surface area contributed by atoms with E-state index >= 15 is 0 Å². The number of nitrogens with zero attached hydrogens (tertiary/aromatic N) is 4. The van der Waals surface area contributed by atoms with Gasteiger partial charge in [0.15, 0.2) is 0 Å². The molecule has 0 aliphatic heterocycles. The molecule has 1 aliphatic carbocycles. The zero-order valence-corrected chi connectivity index (χ0v) is 10.4. The Morgan fingerprint density at radius 3 is 2.94 bits per heavy atom. The van der Waals surface area contributed by atoms with Gasteiger partial charge in [-0.2, -0.15) is 5.26 Å². The smallest absolute Gasteiger partial charge is 0.103 e. The van der Waals surface area contributed by atoms with Crippen molar-refractivity contribution in [3.8, 4) is 6.07 Å². The topological polar surface area (TPSA) is 63.7 Å². The summed E-state index contributed by atoms with van der Waals surface area (Å²) in [5, 5.41) is 17.0. The van der Waals surface area contributed by atoms with Gasteiger partial charge < -0.3 is 4.74 Å². The van der Waals surface area contributed by atoms with Crippen LogP contribution in [-0.4, -0.2) is 22.1 Å². The molecule has 17 heavy (non-hydrogen) atoms. The number of aryl methyl sites for hydroxylation is 1. The number of hydrogen-bond acceptors (Lipinski definition) is 4. The zero-order valence-electron chi connectivity index (χ0n) is 10.4. The Morgan fingerprint density at radius 1 is 1.59 bits per heavy atom. The number of nitriles is 1. The summed E-state index contributed by atoms with van der Waals surface area (Å²) in [7, 11) is 1.67. The van der Waals surface area contributed by atoms with E-state index in [0.717, 1.165) is 30.3 Å². The highest BCUT2D eigenvalue weighted by Gasteiger charge is 2.23. The predicted octanol–water partition coefficient (Wildman–Crippen LogP) is 1.85. The SMILES string of the molecule is COC(C)c1c(CC#N)nnn1CCC1CC1. The van der Waals surface area contributed by atoms with E-state index in [2.05, 4.69) is 16.4 Å². The minimum absolute atomic E-state index is 0.0625. The number of aromatic nitrogens is 3. The molecule has 1 aliphatic rings. The molecule has 5 nitrogen and oxygen atoms in total. The van der Waals surface area contributed by atoms with Gasteiger partial charge in [-0.15, -0.1) is 5.10 Å². The van der Waals surface area contributed by atoms with Crippen LogP contribution in [0, 0.1) is 17.2 Å². The number of rotatable bonds is 6. The molecule has 92 valence electrons. The summed E-state index contributed by atoms with van der Waals surface area (Å²) >= 11 is 0. The first kappa shape index (κ1) is 12.1. The minimum atomic E-state index is -0.0625. The van der Waals surface area contributed by atoms with Gasteiger partial charge in [0.1, 0.15) is 5.69 Å². The minimum Gasteiger partial charge on any atom is -0.375 e. The van der Waals surface area contributed by atoms with Crippen LogP contribution in [0.15, 0.2) is 0 Å². The van der Waals surface area contributed by atoms with Crippen LogP contribution in [0.3, 0.4) is 0 Å². The van der Waals surface area contributed by atoms with Crippen LogP contribution in [0.4, 0.5) is 0 Å². The van der Waals surface area contributed by atoms with E-state index in [9.17, 15) is 0 Å². The average Bonchev–Trinajstić information content (AvgIpc) is 3.08. The van der Waals surface area contributed by atoms with E-state index in [4.69, 9.17) is 10.00 Å². The van der Waals surface area contributed by atoms with Gasteiger partial charge in [0, 0.05) is 13.7 Å². The van der Waals surface area contributed by atoms with Gasteiger partial charge in [-0.05, 0) is 19.3 Å². The van der Waals surface area contributed by atoms with Crippen molar-refractivity contribution in [1.29, 1.82) is 5.26 Å². The van der Waals surface area contributed by atoms with E-state index < -0.39 is 0 Å². The molecule has 2 rings (SSSR count). The van der Waals surface area contributed by atoms with Crippen molar-refractivity contribution in [2.24, 2.45) is 5.92 Å². The van der Waals surface area contributed by atoms with Crippen molar-refractivity contribution in [3.63, 3.8) is 0 Å². The Bertz CT molecular complexity index is 417. The van der Waals surface area contributed by atoms with Crippen LogP contribution in [0.2, 0.25) is 0 Å². The van der Waals surface area contributed by atoms with Crippen molar-refractivity contribution >= 4 is 0 Å². The molecule has 1 unspecified atom stereocenters. The molecule has 0 aromatic carbocycles. The molecule has 1 saturated carbocycles. The molecule has 1 aromatic heterocycles. The first-order valence-corrected chi connectivity index (χ1v) is 6.08. The summed E-state index contributed by atoms with van der Waals surface area (Å²) in [4.78, 5) is 0. The lowest BCUT2D eigenvalue weighted by molar-refractivity contribution is 0.110. The second-order valence-electron chi connectivity index (χ2n) is 4.59. The van der Waals surface area contributed by atoms with Gasteiger partial charge in [-0.1, -0.05) is 18.1 Å². The van der Waals surface area contributed by atoms with Crippen LogP contribution < -0.4 is 0 Å². The summed E-state index contributed by atoms with van der Waals surface area (Å²) in [5.41, 5.74) is 1.70. The lowest BCUT2D eigenvalue weighted by atomic mass is 10.2. The van der Waals surface area contributed by atoms with Crippen LogP contribution in [0.1, 0.15) is 43.7 Å². The van der Waals surface area contributed by atoms with Crippen LogP contribution in [-0.2, 0) is 17.7 Å². The second kappa shape index (κ2) is 5.28. The Kier molecular flexibility index (Phi) is 3.75. The molecule has 1 atom stereocenters. The molecule has 0 saturated heterocycles. The summed E-state index contributed by atoms with van der Waals surface area (Å²) in [6.07, 6.45) is 4.07. The maximum atomic E-state index is 8.77. The third-order valence-corrected chi connectivity index (χ3v) is 3.28. The number of hydrogen-bond donors (Lipinski definition) is 0. The fourth-order valence-corrected chi connectivity index (χ4v) is 1.99. The van der Waals surface area contributed by atoms with Crippen molar-refractivity contribution in [1.82, 2.24) is 15.0 Å². The Labute approximate surface area is 101 Å². The molecule has 5 heteroatoms. The molecule has 0 N–H and O–H groups in total. The van der Waals surface area contributed by atoms with Gasteiger partial charge in [-0.3, -0.25) is 0 Å². The van der Waals surface area contributed by atoms with Crippen molar-refractivity contribution in [2.45, 2.75) is 45.3 Å². The molecule has 1 heterocycles. The van der Waals surface area contributed by atoms with E-state index in [1.807, 2.05) is 11.6 Å². The lowest BCUT2D eigenvalue weighted by Gasteiger charge is -2.12. The maximum Gasteiger partial charge on any atom is 0.103 e. The highest BCUT2D eigenvalue weighted by molar-refractivity contribution is 5.16. The molecular weight excluding hydrogens is 216 g/mol. The standard InChI is InChI=1S/C12H18N4O/c1-9(17-2)12-11(5-7-13)14-15-16(12)8-6-10-3-4-10/h9-10H,3-6,8H2,1-2H3. The largest absolute Gasteiger partial charge is 0.375 e. The highest BCUT2D eigenvalue weighted by Crippen LogP contribution is 2.33. The van der Waals surface area contributed by atoms with Gasteiger partial charge in [0.05, 0.1) is 24.3 Å². The average molecular weight is 234 g/mol. The van der Waals surface area contributed by atoms with Gasteiger partial charge in [0.2, 0.25) is 0 Å². The van der Waals surface area contributed by atoms with Gasteiger partial charge in [0.25, 0.3) is 0 Å². The normalized spacial score (nSPS) is 16.8. The first-order chi connectivity index (χ1) is 8.26. The maximum absolute atomic E-state index is 8.77. The van der Waals surface area contributed by atoms with Crippen molar-refractivity contribution in [3.05, 3.63) is 11.4 Å². The number of ether oxygens (including phenoxy) is 1. The third kappa shape index (κ3) is 2.83. The molecule has 0 bridgehead atoms. The molecule has 1 fully saturated rings. The molecule has 0 amide bonds. The van der Waals surface area contributed by atoms with Crippen molar-refractivity contribution in [2.75, 3.05) is 7.11 Å². The summed E-state index contributed by atoms with van der Waals surface area (Å²) < 4.78 is 7.24. The molecular formula is C12H18N4O. The van der Waals surface area contributed by atoms with E-state index in [1.54, 1.807) is 7.11 Å². The molecule has 0 spiro atoms. The third-order valence-electron chi connectivity index (χ3n) is 3.28. The van der Waals surface area contributed by atoms with Crippen LogP contribution in [0.5, 0.6) is 0 Å². The summed E-state index contributed by atoms with van der Waals surface area (Å²) in [6, 6.07) is 2.12. The first-order valence-electron chi connectivity index (χ1n) is 6.08. The summed E-state index contributed by atoms with van der Waals surface area (Å²) in [6.45, 7) is 2.85. The monoisotopic (exact) mass is 234 g/mol. The van der Waals surface area contributed by atoms with E-state index in [-0.39, 0.29) is 6.10 Å². The van der Waals surface area contributed by atoms with Gasteiger partial charge in [-0.25, -0.2) is 4.68 Å². The lowest BCUT2D eigenvalue weighted by Crippen LogP contribution is -2.11. The van der Waals surface area contributed by atoms with Crippen LogP contribution in [0.25, 0.3) is 0 Å². The van der Waals surface area contributed by atoms with E-state index in [0.29, 0.717) is 6.42 Å². The van der Waals surface area contributed by atoms with Crippen molar-refractivity contribution < 1.29 is 4.74 Å². The van der Waals surface area contributed by atoms with Crippen LogP contribution >= 0.6 is 0 Å². The van der Waals surface area contributed by atoms with E-state index in [1.165, 1.54) is 12.8 Å². The predicted molar refractivity (Wildman–Crippen MR) is 62.1 cm³/mol. The number of methoxy groups -OCH3 is 1. The quantitative estimate of drug-likeness (QED) is 0.753. The fraction of sp³-hybridized carbons (Fsp3) is 0.750.